The highest BCUT2D eigenvalue weighted by Gasteiger charge is 2.30. The smallest absolute Gasteiger partial charge is 0.417 e. The van der Waals surface area contributed by atoms with Crippen LogP contribution in [0.5, 0.6) is 0 Å². The molecule has 0 radical (unpaired) electrons. The van der Waals surface area contributed by atoms with Gasteiger partial charge < -0.3 is 10.1 Å². The molecule has 0 unspecified atom stereocenters. The van der Waals surface area contributed by atoms with Crippen LogP contribution in [0, 0.1) is 0 Å². The zero-order valence-corrected chi connectivity index (χ0v) is 21.1. The number of halogens is 3. The molecule has 198 valence electrons. The van der Waals surface area contributed by atoms with Gasteiger partial charge in [-0.05, 0) is 35.4 Å². The molecule has 1 N–H and O–H groups in total. The van der Waals surface area contributed by atoms with Gasteiger partial charge in [-0.25, -0.2) is 9.78 Å². The summed E-state index contributed by atoms with van der Waals surface area (Å²) >= 11 is 1.03. The molecule has 0 atom stereocenters. The third-order valence-corrected chi connectivity index (χ3v) is 6.55. The van der Waals surface area contributed by atoms with Crippen molar-refractivity contribution in [3.63, 3.8) is 0 Å². The number of Topliss-reactive ketones (excluding diaryl/α,β-unsaturated/α-hetero) is 1. The van der Waals surface area contributed by atoms with Crippen molar-refractivity contribution in [3.8, 4) is 11.1 Å². The maximum atomic E-state index is 12.7. The van der Waals surface area contributed by atoms with E-state index in [1.54, 1.807) is 30.3 Å². The third kappa shape index (κ3) is 7.55. The van der Waals surface area contributed by atoms with E-state index in [0.717, 1.165) is 35.0 Å². The number of rotatable bonds is 9. The van der Waals surface area contributed by atoms with E-state index in [1.807, 2.05) is 42.5 Å². The number of ether oxygens (including phenoxy) is 1. The number of amides is 1. The minimum atomic E-state index is -4.53. The first-order chi connectivity index (χ1) is 18.7. The van der Waals surface area contributed by atoms with Crippen LogP contribution in [0.25, 0.3) is 11.1 Å². The molecule has 0 bridgehead atoms. The lowest BCUT2D eigenvalue weighted by atomic mass is 10.0. The second-order valence-corrected chi connectivity index (χ2v) is 9.22. The van der Waals surface area contributed by atoms with Gasteiger partial charge >= 0.3 is 12.1 Å². The van der Waals surface area contributed by atoms with Gasteiger partial charge in [-0.15, -0.1) is 11.8 Å². The van der Waals surface area contributed by atoms with Gasteiger partial charge in [0, 0.05) is 16.7 Å². The van der Waals surface area contributed by atoms with E-state index in [2.05, 4.69) is 10.3 Å². The summed E-state index contributed by atoms with van der Waals surface area (Å²) in [5.74, 6) is -1.78. The van der Waals surface area contributed by atoms with Gasteiger partial charge in [0.15, 0.2) is 12.4 Å². The molecule has 1 aromatic heterocycles. The topological polar surface area (TPSA) is 85.4 Å². The first-order valence-electron chi connectivity index (χ1n) is 11.6. The number of anilines is 1. The largest absolute Gasteiger partial charge is 0.454 e. The normalized spacial score (nSPS) is 11.1. The predicted molar refractivity (Wildman–Crippen MR) is 142 cm³/mol. The molecule has 4 rings (SSSR count). The fourth-order valence-corrected chi connectivity index (χ4v) is 4.33. The van der Waals surface area contributed by atoms with E-state index in [9.17, 15) is 27.6 Å². The molecule has 10 heteroatoms. The van der Waals surface area contributed by atoms with E-state index in [0.29, 0.717) is 16.7 Å². The summed E-state index contributed by atoms with van der Waals surface area (Å²) in [7, 11) is 0. The molecule has 4 aromatic rings. The monoisotopic (exact) mass is 550 g/mol. The van der Waals surface area contributed by atoms with Crippen molar-refractivity contribution in [1.29, 1.82) is 0 Å². The highest BCUT2D eigenvalue weighted by atomic mass is 32.2. The van der Waals surface area contributed by atoms with Crippen molar-refractivity contribution in [2.75, 3.05) is 17.7 Å². The number of hydrogen-bond donors (Lipinski definition) is 1. The van der Waals surface area contributed by atoms with Crippen LogP contribution in [0.1, 0.15) is 26.3 Å². The van der Waals surface area contributed by atoms with E-state index < -0.39 is 30.2 Å². The average molecular weight is 551 g/mol. The molecule has 1 amide bonds. The number of nitrogens with one attached hydrogen (secondary N) is 1. The Morgan fingerprint density at radius 2 is 1.49 bits per heavy atom. The first-order valence-corrected chi connectivity index (χ1v) is 12.6. The van der Waals surface area contributed by atoms with Gasteiger partial charge in [-0.2, -0.15) is 13.2 Å². The summed E-state index contributed by atoms with van der Waals surface area (Å²) in [5, 5.41) is 2.41. The van der Waals surface area contributed by atoms with Crippen LogP contribution in [0.2, 0.25) is 0 Å². The Morgan fingerprint density at radius 3 is 2.15 bits per heavy atom. The number of carbonyl (C=O) groups is 3. The molecule has 6 nitrogen and oxygen atoms in total. The number of hydrogen-bond acceptors (Lipinski definition) is 6. The molecule has 0 aliphatic rings. The Bertz CT molecular complexity index is 1460. The van der Waals surface area contributed by atoms with Crippen molar-refractivity contribution in [3.05, 3.63) is 114 Å². The third-order valence-electron chi connectivity index (χ3n) is 5.47. The van der Waals surface area contributed by atoms with Gasteiger partial charge in [-0.1, -0.05) is 66.7 Å². The van der Waals surface area contributed by atoms with Gasteiger partial charge in [0.2, 0.25) is 5.91 Å². The Morgan fingerprint density at radius 1 is 0.821 bits per heavy atom. The number of nitrogens with zero attached hydrogens (tertiary/aromatic N) is 1. The molecule has 0 aliphatic heterocycles. The first kappa shape index (κ1) is 27.6. The van der Waals surface area contributed by atoms with E-state index in [4.69, 9.17) is 4.74 Å². The summed E-state index contributed by atoms with van der Waals surface area (Å²) in [5.41, 5.74) is 1.62. The predicted octanol–water partition coefficient (Wildman–Crippen LogP) is 6.54. The Labute approximate surface area is 226 Å². The molecular formula is C29H21F3N2O4S. The van der Waals surface area contributed by atoms with E-state index >= 15 is 0 Å². The van der Waals surface area contributed by atoms with Crippen LogP contribution in [0.4, 0.5) is 19.0 Å². The summed E-state index contributed by atoms with van der Waals surface area (Å²) in [6.45, 7) is -0.456. The number of benzene rings is 3. The maximum Gasteiger partial charge on any atom is 0.417 e. The van der Waals surface area contributed by atoms with Crippen molar-refractivity contribution in [1.82, 2.24) is 4.98 Å². The Kier molecular flexibility index (Phi) is 8.77. The molecule has 0 saturated heterocycles. The lowest BCUT2D eigenvalue weighted by Crippen LogP contribution is -2.17. The quantitative estimate of drug-likeness (QED) is 0.145. The number of alkyl halides is 3. The maximum absolute atomic E-state index is 12.7. The van der Waals surface area contributed by atoms with Crippen molar-refractivity contribution < 1.29 is 32.3 Å². The molecule has 3 aromatic carbocycles. The number of pyridine rings is 1. The Hall–Kier alpha value is -4.44. The van der Waals surface area contributed by atoms with Crippen molar-refractivity contribution in [2.24, 2.45) is 0 Å². The van der Waals surface area contributed by atoms with Gasteiger partial charge in [0.25, 0.3) is 0 Å². The number of thioether (sulfide) groups is 1. The van der Waals surface area contributed by atoms with Gasteiger partial charge in [0.05, 0.1) is 16.9 Å². The molecule has 0 spiro atoms. The molecule has 0 aliphatic carbocycles. The van der Waals surface area contributed by atoms with E-state index in [1.165, 1.54) is 6.07 Å². The van der Waals surface area contributed by atoms with Crippen LogP contribution in [-0.2, 0) is 15.7 Å². The average Bonchev–Trinajstić information content (AvgIpc) is 2.95. The highest BCUT2D eigenvalue weighted by Crippen LogP contribution is 2.29. The lowest BCUT2D eigenvalue weighted by molar-refractivity contribution is -0.137. The van der Waals surface area contributed by atoms with Gasteiger partial charge in [-0.3, -0.25) is 9.59 Å². The SMILES string of the molecule is O=C(CSc1ccccc1C(=O)OCC(=O)c1ccc(-c2ccccc2)cc1)Nc1ccc(C(F)(F)F)cn1. The molecular weight excluding hydrogens is 529 g/mol. The molecule has 1 heterocycles. The fraction of sp³-hybridized carbons (Fsp3) is 0.103. The van der Waals surface area contributed by atoms with Crippen LogP contribution in [0.15, 0.2) is 102 Å². The molecule has 39 heavy (non-hydrogen) atoms. The number of aromatic nitrogens is 1. The fourth-order valence-electron chi connectivity index (χ4n) is 3.49. The zero-order valence-electron chi connectivity index (χ0n) is 20.3. The number of carbonyl (C=O) groups excluding carboxylic acids is 3. The molecule has 0 fully saturated rings. The van der Waals surface area contributed by atoms with Crippen molar-refractivity contribution in [2.45, 2.75) is 11.1 Å². The summed E-state index contributed by atoms with van der Waals surface area (Å²) in [6, 6.07) is 25.0. The number of ketones is 1. The van der Waals surface area contributed by atoms with Crippen LogP contribution in [0.3, 0.4) is 0 Å². The zero-order chi connectivity index (χ0) is 27.8. The summed E-state index contributed by atoms with van der Waals surface area (Å²) in [6.07, 6.45) is -3.89. The minimum absolute atomic E-state index is 0.0309. The van der Waals surface area contributed by atoms with Crippen LogP contribution >= 0.6 is 11.8 Å². The van der Waals surface area contributed by atoms with Crippen molar-refractivity contribution >= 4 is 35.2 Å². The van der Waals surface area contributed by atoms with Crippen LogP contribution in [-0.4, -0.2) is 35.0 Å². The second kappa shape index (κ2) is 12.4. The highest BCUT2D eigenvalue weighted by molar-refractivity contribution is 8.00. The van der Waals surface area contributed by atoms with Gasteiger partial charge in [0.1, 0.15) is 5.82 Å². The van der Waals surface area contributed by atoms with E-state index in [-0.39, 0.29) is 22.9 Å². The standard InChI is InChI=1S/C29H21F3N2O4S/c30-29(31,32)22-14-15-26(33-16-22)34-27(36)18-39-25-9-5-4-8-23(25)28(37)38-17-24(35)21-12-10-20(11-13-21)19-6-2-1-3-7-19/h1-16H,17-18H2,(H,33,34,36). The van der Waals surface area contributed by atoms with Crippen LogP contribution < -0.4 is 5.32 Å². The summed E-state index contributed by atoms with van der Waals surface area (Å²) < 4.78 is 43.2. The molecule has 0 saturated carbocycles. The Balaban J connectivity index is 1.31. The second-order valence-electron chi connectivity index (χ2n) is 8.21. The summed E-state index contributed by atoms with van der Waals surface area (Å²) in [4.78, 5) is 41.6. The minimum Gasteiger partial charge on any atom is -0.454 e. The lowest BCUT2D eigenvalue weighted by Gasteiger charge is -2.10. The number of esters is 1.